The molecule has 22 heavy (non-hydrogen) atoms. The minimum atomic E-state index is -0.00115. The van der Waals surface area contributed by atoms with Gasteiger partial charge in [-0.05, 0) is 41.5 Å². The molecule has 3 nitrogen and oxygen atoms in total. The standard InChI is InChI=1S/C16H13BrClN3S/c17-13-4-2-1-3-12(13)15-9-14(20-21(15)16(19)22)10-5-7-11(18)8-6-10/h1-8,15H,9H2,(H2,19,22). The molecule has 2 aromatic carbocycles. The van der Waals surface area contributed by atoms with Gasteiger partial charge in [0.05, 0.1) is 11.8 Å². The zero-order valence-electron chi connectivity index (χ0n) is 11.5. The van der Waals surface area contributed by atoms with E-state index in [-0.39, 0.29) is 11.2 Å². The average molecular weight is 395 g/mol. The van der Waals surface area contributed by atoms with E-state index in [0.29, 0.717) is 5.02 Å². The Labute approximate surface area is 147 Å². The van der Waals surface area contributed by atoms with Crippen LogP contribution in [0.4, 0.5) is 0 Å². The number of thiocarbonyl (C=S) groups is 1. The molecule has 0 spiro atoms. The number of benzene rings is 2. The van der Waals surface area contributed by atoms with Gasteiger partial charge >= 0.3 is 0 Å². The van der Waals surface area contributed by atoms with Crippen molar-refractivity contribution in [3.63, 3.8) is 0 Å². The van der Waals surface area contributed by atoms with Crippen LogP contribution in [0.2, 0.25) is 5.02 Å². The summed E-state index contributed by atoms with van der Waals surface area (Å²) in [4.78, 5) is 0. The lowest BCUT2D eigenvalue weighted by Crippen LogP contribution is -2.31. The van der Waals surface area contributed by atoms with Gasteiger partial charge in [0, 0.05) is 15.9 Å². The fraction of sp³-hybridized carbons (Fsp3) is 0.125. The summed E-state index contributed by atoms with van der Waals surface area (Å²) in [6, 6.07) is 15.7. The Balaban J connectivity index is 1.96. The highest BCUT2D eigenvalue weighted by molar-refractivity contribution is 9.10. The molecule has 0 bridgehead atoms. The largest absolute Gasteiger partial charge is 0.375 e. The highest BCUT2D eigenvalue weighted by Crippen LogP contribution is 2.36. The van der Waals surface area contributed by atoms with Gasteiger partial charge in [0.2, 0.25) is 0 Å². The molecule has 3 rings (SSSR count). The van der Waals surface area contributed by atoms with E-state index < -0.39 is 0 Å². The topological polar surface area (TPSA) is 41.6 Å². The fourth-order valence-corrected chi connectivity index (χ4v) is 3.36. The monoisotopic (exact) mass is 393 g/mol. The Bertz CT molecular complexity index is 745. The predicted octanol–water partition coefficient (Wildman–Crippen LogP) is 4.50. The van der Waals surface area contributed by atoms with Crippen LogP contribution in [0, 0.1) is 0 Å². The number of rotatable bonds is 2. The molecule has 6 heteroatoms. The second-order valence-corrected chi connectivity index (χ2v) is 6.69. The van der Waals surface area contributed by atoms with E-state index in [9.17, 15) is 0 Å². The first-order valence-electron chi connectivity index (χ1n) is 6.73. The van der Waals surface area contributed by atoms with Crippen LogP contribution in [0.1, 0.15) is 23.6 Å². The average Bonchev–Trinajstić information content (AvgIpc) is 2.93. The SMILES string of the molecule is NC(=S)N1N=C(c2ccc(Cl)cc2)CC1c1ccccc1Br. The van der Waals surface area contributed by atoms with Gasteiger partial charge in [-0.15, -0.1) is 0 Å². The van der Waals surface area contributed by atoms with Crippen LogP contribution in [-0.4, -0.2) is 15.8 Å². The normalized spacial score (nSPS) is 17.5. The molecule has 0 aliphatic carbocycles. The predicted molar refractivity (Wildman–Crippen MR) is 98.1 cm³/mol. The van der Waals surface area contributed by atoms with Gasteiger partial charge in [0.25, 0.3) is 0 Å². The van der Waals surface area contributed by atoms with Crippen LogP contribution in [0.25, 0.3) is 0 Å². The highest BCUT2D eigenvalue weighted by Gasteiger charge is 2.31. The first-order chi connectivity index (χ1) is 10.6. The molecule has 1 aliphatic heterocycles. The Morgan fingerprint density at radius 2 is 1.91 bits per heavy atom. The third-order valence-electron chi connectivity index (χ3n) is 3.58. The quantitative estimate of drug-likeness (QED) is 0.763. The first-order valence-corrected chi connectivity index (χ1v) is 8.30. The second-order valence-electron chi connectivity index (χ2n) is 4.98. The number of hydrazone groups is 1. The van der Waals surface area contributed by atoms with Gasteiger partial charge < -0.3 is 5.73 Å². The van der Waals surface area contributed by atoms with Crippen LogP contribution >= 0.6 is 39.7 Å². The number of nitrogens with two attached hydrogens (primary N) is 1. The fourth-order valence-electron chi connectivity index (χ4n) is 2.52. The van der Waals surface area contributed by atoms with E-state index in [0.717, 1.165) is 27.7 Å². The van der Waals surface area contributed by atoms with E-state index in [1.54, 1.807) is 5.01 Å². The zero-order chi connectivity index (χ0) is 15.7. The van der Waals surface area contributed by atoms with Crippen molar-refractivity contribution in [3.8, 4) is 0 Å². The minimum Gasteiger partial charge on any atom is -0.375 e. The van der Waals surface area contributed by atoms with Crippen LogP contribution < -0.4 is 5.73 Å². The molecule has 0 saturated carbocycles. The van der Waals surface area contributed by atoms with E-state index >= 15 is 0 Å². The Hall–Kier alpha value is -1.43. The molecule has 1 unspecified atom stereocenters. The molecule has 112 valence electrons. The maximum atomic E-state index is 5.95. The maximum absolute atomic E-state index is 5.95. The molecular formula is C16H13BrClN3S. The number of halogens is 2. The van der Waals surface area contributed by atoms with Crippen molar-refractivity contribution < 1.29 is 0 Å². The van der Waals surface area contributed by atoms with Crippen LogP contribution in [0.15, 0.2) is 58.1 Å². The van der Waals surface area contributed by atoms with Crippen LogP contribution in [0.5, 0.6) is 0 Å². The van der Waals surface area contributed by atoms with Crippen molar-refractivity contribution in [3.05, 3.63) is 69.2 Å². The lowest BCUT2D eigenvalue weighted by molar-refractivity contribution is 0.371. The molecule has 1 atom stereocenters. The summed E-state index contributed by atoms with van der Waals surface area (Å²) in [7, 11) is 0. The van der Waals surface area contributed by atoms with Gasteiger partial charge in [0.15, 0.2) is 5.11 Å². The minimum absolute atomic E-state index is 0.00115. The maximum Gasteiger partial charge on any atom is 0.187 e. The zero-order valence-corrected chi connectivity index (χ0v) is 14.7. The van der Waals surface area contributed by atoms with Gasteiger partial charge in [-0.3, -0.25) is 0 Å². The van der Waals surface area contributed by atoms with E-state index in [1.807, 2.05) is 42.5 Å². The molecular weight excluding hydrogens is 382 g/mol. The molecule has 1 aliphatic rings. The second kappa shape index (κ2) is 6.36. The molecule has 2 aromatic rings. The third kappa shape index (κ3) is 3.02. The van der Waals surface area contributed by atoms with Gasteiger partial charge in [-0.25, -0.2) is 5.01 Å². The summed E-state index contributed by atoms with van der Waals surface area (Å²) in [5.74, 6) is 0. The van der Waals surface area contributed by atoms with E-state index in [2.05, 4.69) is 27.1 Å². The lowest BCUT2D eigenvalue weighted by atomic mass is 9.99. The smallest absolute Gasteiger partial charge is 0.187 e. The Kier molecular flexibility index (Phi) is 4.47. The van der Waals surface area contributed by atoms with Gasteiger partial charge in [0.1, 0.15) is 0 Å². The van der Waals surface area contributed by atoms with Crippen molar-refractivity contribution in [1.82, 2.24) is 5.01 Å². The van der Waals surface area contributed by atoms with Gasteiger partial charge in [-0.1, -0.05) is 57.9 Å². The lowest BCUT2D eigenvalue weighted by Gasteiger charge is -2.22. The summed E-state index contributed by atoms with van der Waals surface area (Å²) < 4.78 is 1.02. The summed E-state index contributed by atoms with van der Waals surface area (Å²) in [6.07, 6.45) is 0.738. The molecule has 0 aromatic heterocycles. The summed E-state index contributed by atoms with van der Waals surface area (Å²) in [5.41, 5.74) is 8.94. The molecule has 0 saturated heterocycles. The first kappa shape index (κ1) is 15.5. The Morgan fingerprint density at radius 1 is 1.23 bits per heavy atom. The van der Waals surface area contributed by atoms with Crippen molar-refractivity contribution in [1.29, 1.82) is 0 Å². The van der Waals surface area contributed by atoms with Crippen molar-refractivity contribution >= 4 is 50.6 Å². The molecule has 2 N–H and O–H groups in total. The molecule has 1 heterocycles. The molecule has 0 amide bonds. The van der Waals surface area contributed by atoms with Crippen molar-refractivity contribution in [2.24, 2.45) is 10.8 Å². The third-order valence-corrected chi connectivity index (χ3v) is 4.74. The van der Waals surface area contributed by atoms with Crippen LogP contribution in [-0.2, 0) is 0 Å². The number of nitrogens with zero attached hydrogens (tertiary/aromatic N) is 2. The van der Waals surface area contributed by atoms with Crippen LogP contribution in [0.3, 0.4) is 0 Å². The van der Waals surface area contributed by atoms with Gasteiger partial charge in [-0.2, -0.15) is 5.10 Å². The summed E-state index contributed by atoms with van der Waals surface area (Å²) >= 11 is 14.7. The Morgan fingerprint density at radius 3 is 2.55 bits per heavy atom. The van der Waals surface area contributed by atoms with Crippen molar-refractivity contribution in [2.45, 2.75) is 12.5 Å². The molecule has 0 fully saturated rings. The van der Waals surface area contributed by atoms with E-state index in [1.165, 1.54) is 0 Å². The molecule has 0 radical (unpaired) electrons. The van der Waals surface area contributed by atoms with E-state index in [4.69, 9.17) is 29.6 Å². The number of hydrogen-bond acceptors (Lipinski definition) is 2. The summed E-state index contributed by atoms with van der Waals surface area (Å²) in [6.45, 7) is 0. The number of hydrogen-bond donors (Lipinski definition) is 1. The summed E-state index contributed by atoms with van der Waals surface area (Å²) in [5, 5.41) is 7.29. The highest BCUT2D eigenvalue weighted by atomic mass is 79.9. The van der Waals surface area contributed by atoms with Crippen molar-refractivity contribution in [2.75, 3.05) is 0 Å².